The molecule has 2 aromatic carbocycles. The number of halogens is 1. The molecule has 0 bridgehead atoms. The van der Waals surface area contributed by atoms with Crippen LogP contribution in [-0.2, 0) is 4.79 Å². The van der Waals surface area contributed by atoms with Gasteiger partial charge in [0.15, 0.2) is 0 Å². The average molecular weight is 335 g/mol. The maximum Gasteiger partial charge on any atom is 0.303 e. The zero-order valence-corrected chi connectivity index (χ0v) is 12.4. The van der Waals surface area contributed by atoms with E-state index in [-0.39, 0.29) is 12.8 Å². The molecule has 0 aliphatic heterocycles. The molecule has 0 amide bonds. The minimum absolute atomic E-state index is 0.0321. The van der Waals surface area contributed by atoms with Gasteiger partial charge in [0, 0.05) is 10.9 Å². The molecule has 104 valence electrons. The average Bonchev–Trinajstić information content (AvgIpc) is 2.46. The first-order valence-corrected chi connectivity index (χ1v) is 7.11. The normalized spacial score (nSPS) is 12.1. The number of aliphatic hydroxyl groups is 1. The quantitative estimate of drug-likeness (QED) is 0.868. The van der Waals surface area contributed by atoms with Crippen molar-refractivity contribution in [2.45, 2.75) is 18.9 Å². The second-order valence-electron chi connectivity index (χ2n) is 4.58. The molecule has 20 heavy (non-hydrogen) atoms. The fraction of sp³-hybridized carbons (Fsp3) is 0.188. The van der Waals surface area contributed by atoms with Gasteiger partial charge in [0.25, 0.3) is 0 Å². The van der Waals surface area contributed by atoms with Crippen molar-refractivity contribution in [1.82, 2.24) is 0 Å². The highest BCUT2D eigenvalue weighted by atomic mass is 79.9. The lowest BCUT2D eigenvalue weighted by Gasteiger charge is -2.10. The fourth-order valence-electron chi connectivity index (χ4n) is 1.97. The largest absolute Gasteiger partial charge is 0.481 e. The minimum atomic E-state index is -0.893. The molecule has 1 atom stereocenters. The van der Waals surface area contributed by atoms with E-state index in [1.54, 1.807) is 0 Å². The Morgan fingerprint density at radius 3 is 2.00 bits per heavy atom. The van der Waals surface area contributed by atoms with Gasteiger partial charge in [-0.15, -0.1) is 0 Å². The van der Waals surface area contributed by atoms with Gasteiger partial charge in [-0.1, -0.05) is 52.3 Å². The first kappa shape index (κ1) is 14.8. The molecule has 0 radical (unpaired) electrons. The second-order valence-corrected chi connectivity index (χ2v) is 5.49. The van der Waals surface area contributed by atoms with Crippen molar-refractivity contribution in [3.05, 3.63) is 58.6 Å². The van der Waals surface area contributed by atoms with Gasteiger partial charge in [-0.3, -0.25) is 4.79 Å². The molecule has 0 aliphatic rings. The van der Waals surface area contributed by atoms with E-state index in [2.05, 4.69) is 15.9 Å². The van der Waals surface area contributed by atoms with E-state index in [1.807, 2.05) is 48.5 Å². The zero-order valence-electron chi connectivity index (χ0n) is 10.8. The highest BCUT2D eigenvalue weighted by Gasteiger charge is 2.09. The first-order valence-electron chi connectivity index (χ1n) is 6.32. The van der Waals surface area contributed by atoms with Gasteiger partial charge in [-0.25, -0.2) is 0 Å². The van der Waals surface area contributed by atoms with E-state index in [0.717, 1.165) is 21.2 Å². The fourth-order valence-corrected chi connectivity index (χ4v) is 2.23. The van der Waals surface area contributed by atoms with Crippen LogP contribution in [0.1, 0.15) is 24.5 Å². The van der Waals surface area contributed by atoms with Crippen LogP contribution in [0.25, 0.3) is 11.1 Å². The summed E-state index contributed by atoms with van der Waals surface area (Å²) in [6, 6.07) is 15.5. The molecular weight excluding hydrogens is 320 g/mol. The lowest BCUT2D eigenvalue weighted by Crippen LogP contribution is -2.02. The van der Waals surface area contributed by atoms with Gasteiger partial charge in [0.1, 0.15) is 0 Å². The van der Waals surface area contributed by atoms with Crippen LogP contribution in [0.2, 0.25) is 0 Å². The number of carboxylic acids is 1. The number of aliphatic hydroxyl groups excluding tert-OH is 1. The Morgan fingerprint density at radius 1 is 1.00 bits per heavy atom. The van der Waals surface area contributed by atoms with Crippen molar-refractivity contribution in [1.29, 1.82) is 0 Å². The second kappa shape index (κ2) is 6.68. The monoisotopic (exact) mass is 334 g/mol. The standard InChI is InChI=1S/C16H15BrO3/c17-14-7-5-12(6-8-14)11-1-3-13(4-2-11)15(18)9-10-16(19)20/h1-8,15,18H,9-10H2,(H,19,20). The third-order valence-electron chi connectivity index (χ3n) is 3.10. The SMILES string of the molecule is O=C(O)CCC(O)c1ccc(-c2ccc(Br)cc2)cc1. The van der Waals surface area contributed by atoms with Crippen LogP contribution in [0.3, 0.4) is 0 Å². The van der Waals surface area contributed by atoms with Crippen molar-refractivity contribution < 1.29 is 15.0 Å². The third-order valence-corrected chi connectivity index (χ3v) is 3.63. The van der Waals surface area contributed by atoms with Crippen molar-refractivity contribution in [2.24, 2.45) is 0 Å². The Morgan fingerprint density at radius 2 is 1.50 bits per heavy atom. The van der Waals surface area contributed by atoms with Crippen LogP contribution in [0.4, 0.5) is 0 Å². The van der Waals surface area contributed by atoms with Crippen molar-refractivity contribution >= 4 is 21.9 Å². The molecule has 0 aromatic heterocycles. The van der Waals surface area contributed by atoms with Gasteiger partial charge in [-0.2, -0.15) is 0 Å². The summed E-state index contributed by atoms with van der Waals surface area (Å²) >= 11 is 3.40. The molecule has 0 saturated carbocycles. The number of hydrogen-bond donors (Lipinski definition) is 2. The predicted molar refractivity (Wildman–Crippen MR) is 81.4 cm³/mol. The Labute approximate surface area is 126 Å². The van der Waals surface area contributed by atoms with Gasteiger partial charge in [0.05, 0.1) is 6.10 Å². The van der Waals surface area contributed by atoms with Crippen LogP contribution in [-0.4, -0.2) is 16.2 Å². The minimum Gasteiger partial charge on any atom is -0.481 e. The summed E-state index contributed by atoms with van der Waals surface area (Å²) < 4.78 is 1.03. The number of aliphatic carboxylic acids is 1. The maximum atomic E-state index is 10.5. The summed E-state index contributed by atoms with van der Waals surface area (Å²) in [5.74, 6) is -0.893. The van der Waals surface area contributed by atoms with Gasteiger partial charge >= 0.3 is 5.97 Å². The summed E-state index contributed by atoms with van der Waals surface area (Å²) in [6.07, 6.45) is -0.534. The number of carbonyl (C=O) groups is 1. The molecule has 0 saturated heterocycles. The molecule has 0 heterocycles. The van der Waals surface area contributed by atoms with Crippen LogP contribution >= 0.6 is 15.9 Å². The molecule has 0 spiro atoms. The lowest BCUT2D eigenvalue weighted by molar-refractivity contribution is -0.137. The summed E-state index contributed by atoms with van der Waals surface area (Å²) in [6.45, 7) is 0. The van der Waals surface area contributed by atoms with Crippen LogP contribution in [0, 0.1) is 0 Å². The Bertz CT molecular complexity index is 576. The van der Waals surface area contributed by atoms with Gasteiger partial charge in [0.2, 0.25) is 0 Å². The number of carboxylic acid groups (broad SMARTS) is 1. The van der Waals surface area contributed by atoms with Crippen molar-refractivity contribution in [2.75, 3.05) is 0 Å². The van der Waals surface area contributed by atoms with Gasteiger partial charge < -0.3 is 10.2 Å². The van der Waals surface area contributed by atoms with Crippen LogP contribution < -0.4 is 0 Å². The van der Waals surface area contributed by atoms with Crippen LogP contribution in [0.15, 0.2) is 53.0 Å². The maximum absolute atomic E-state index is 10.5. The van der Waals surface area contributed by atoms with Gasteiger partial charge in [-0.05, 0) is 35.2 Å². The summed E-state index contributed by atoms with van der Waals surface area (Å²) in [5.41, 5.74) is 2.90. The number of hydrogen-bond acceptors (Lipinski definition) is 2. The van der Waals surface area contributed by atoms with E-state index in [0.29, 0.717) is 0 Å². The Kier molecular flexibility index (Phi) is 4.93. The van der Waals surface area contributed by atoms with Crippen LogP contribution in [0.5, 0.6) is 0 Å². The number of benzene rings is 2. The highest BCUT2D eigenvalue weighted by molar-refractivity contribution is 9.10. The molecule has 2 rings (SSSR count). The molecular formula is C16H15BrO3. The summed E-state index contributed by atoms with van der Waals surface area (Å²) in [7, 11) is 0. The third kappa shape index (κ3) is 3.92. The van der Waals surface area contributed by atoms with E-state index < -0.39 is 12.1 Å². The van der Waals surface area contributed by atoms with Crippen molar-refractivity contribution in [3.63, 3.8) is 0 Å². The van der Waals surface area contributed by atoms with E-state index in [1.165, 1.54) is 0 Å². The highest BCUT2D eigenvalue weighted by Crippen LogP contribution is 2.25. The molecule has 0 fully saturated rings. The molecule has 3 nitrogen and oxygen atoms in total. The first-order chi connectivity index (χ1) is 9.56. The topological polar surface area (TPSA) is 57.5 Å². The van der Waals surface area contributed by atoms with Crippen molar-refractivity contribution in [3.8, 4) is 11.1 Å². The van der Waals surface area contributed by atoms with E-state index in [4.69, 9.17) is 5.11 Å². The molecule has 0 aliphatic carbocycles. The molecule has 2 N–H and O–H groups in total. The Hall–Kier alpha value is -1.65. The van der Waals surface area contributed by atoms with E-state index >= 15 is 0 Å². The predicted octanol–water partition coefficient (Wildman–Crippen LogP) is 4.01. The smallest absolute Gasteiger partial charge is 0.303 e. The molecule has 4 heteroatoms. The summed E-state index contributed by atoms with van der Waals surface area (Å²) in [4.78, 5) is 10.5. The molecule has 2 aromatic rings. The Balaban J connectivity index is 2.09. The van der Waals surface area contributed by atoms with E-state index in [9.17, 15) is 9.90 Å². The number of rotatable bonds is 5. The zero-order chi connectivity index (χ0) is 14.5. The summed E-state index contributed by atoms with van der Waals surface area (Å²) in [5, 5.41) is 18.5. The lowest BCUT2D eigenvalue weighted by atomic mass is 10.00. The molecule has 1 unspecified atom stereocenters.